The van der Waals surface area contributed by atoms with Crippen LogP contribution < -0.4 is 9.64 Å². The smallest absolute Gasteiger partial charge is 0.242 e. The van der Waals surface area contributed by atoms with Crippen LogP contribution in [0.2, 0.25) is 0 Å². The highest BCUT2D eigenvalue weighted by Gasteiger charge is 2.27. The number of carbonyl (C=O) groups excluding carboxylic acids is 1. The Morgan fingerprint density at radius 2 is 1.42 bits per heavy atom. The molecule has 1 aliphatic rings. The van der Waals surface area contributed by atoms with Gasteiger partial charge in [0.2, 0.25) is 5.91 Å². The Bertz CT molecular complexity index is 1550. The Kier molecular flexibility index (Phi) is 6.62. The molecule has 0 radical (unpaired) electrons. The molecule has 5 aromatic rings. The average molecular weight is 520 g/mol. The van der Waals surface area contributed by atoms with E-state index in [2.05, 4.69) is 27.3 Å². The number of anilines is 2. The summed E-state index contributed by atoms with van der Waals surface area (Å²) in [7, 11) is 1.64. The first-order chi connectivity index (χ1) is 18.7. The zero-order valence-electron chi connectivity index (χ0n) is 20.8. The van der Waals surface area contributed by atoms with Crippen molar-refractivity contribution in [3.63, 3.8) is 0 Å². The zero-order chi connectivity index (χ0) is 25.9. The van der Waals surface area contributed by atoms with Gasteiger partial charge in [0.1, 0.15) is 5.75 Å². The molecular formula is C30H25N5O2S. The van der Waals surface area contributed by atoms with Crippen molar-refractivity contribution in [1.82, 2.24) is 19.7 Å². The van der Waals surface area contributed by atoms with Crippen molar-refractivity contribution in [3.05, 3.63) is 108 Å². The van der Waals surface area contributed by atoms with Crippen LogP contribution in [0.5, 0.6) is 5.75 Å². The van der Waals surface area contributed by atoms with E-state index in [-0.39, 0.29) is 11.7 Å². The predicted molar refractivity (Wildman–Crippen MR) is 149 cm³/mol. The van der Waals surface area contributed by atoms with E-state index in [0.29, 0.717) is 16.7 Å². The second-order valence-corrected chi connectivity index (χ2v) is 9.77. The lowest BCUT2D eigenvalue weighted by Crippen LogP contribution is -2.28. The molecular weight excluding hydrogens is 494 g/mol. The number of pyridine rings is 1. The van der Waals surface area contributed by atoms with Crippen LogP contribution in [-0.4, -0.2) is 38.5 Å². The number of rotatable bonds is 6. The molecule has 0 fully saturated rings. The van der Waals surface area contributed by atoms with E-state index in [1.165, 1.54) is 22.9 Å². The predicted octanol–water partition coefficient (Wildman–Crippen LogP) is 5.89. The topological polar surface area (TPSA) is 73.1 Å². The number of thioether (sulfide) groups is 1. The van der Waals surface area contributed by atoms with Crippen LogP contribution in [0.15, 0.2) is 102 Å². The van der Waals surface area contributed by atoms with E-state index < -0.39 is 0 Å². The van der Waals surface area contributed by atoms with Crippen molar-refractivity contribution in [1.29, 1.82) is 0 Å². The maximum Gasteiger partial charge on any atom is 0.242 e. The number of carbonyl (C=O) groups is 1. The summed E-state index contributed by atoms with van der Waals surface area (Å²) >= 11 is 1.36. The summed E-state index contributed by atoms with van der Waals surface area (Å²) in [4.78, 5) is 19.9. The number of para-hydroxylation sites is 4. The Morgan fingerprint density at radius 3 is 2.08 bits per heavy atom. The van der Waals surface area contributed by atoms with E-state index in [9.17, 15) is 4.79 Å². The van der Waals surface area contributed by atoms with Gasteiger partial charge in [0, 0.05) is 18.0 Å². The van der Waals surface area contributed by atoms with Gasteiger partial charge in [0.15, 0.2) is 11.0 Å². The molecule has 0 spiro atoms. The molecule has 1 aliphatic heterocycles. The third-order valence-corrected chi connectivity index (χ3v) is 7.51. The van der Waals surface area contributed by atoms with Gasteiger partial charge in [-0.25, -0.2) is 0 Å². The summed E-state index contributed by atoms with van der Waals surface area (Å²) in [5.41, 5.74) is 5.87. The number of aryl methyl sites for hydroxylation is 2. The molecule has 8 heteroatoms. The molecule has 1 amide bonds. The fourth-order valence-corrected chi connectivity index (χ4v) is 5.62. The quantitative estimate of drug-likeness (QED) is 0.260. The molecule has 3 aromatic carbocycles. The molecule has 0 N–H and O–H groups in total. The zero-order valence-corrected chi connectivity index (χ0v) is 21.6. The molecule has 7 nitrogen and oxygen atoms in total. The van der Waals surface area contributed by atoms with Crippen LogP contribution >= 0.6 is 11.8 Å². The standard InChI is InChI=1S/C30H25N5O2S/c1-37-27-13-7-6-12-26(27)35-29(23-16-18-31-19-17-23)32-33-30(35)38-20-28(36)34-24-10-4-2-8-21(24)14-15-22-9-3-5-11-25(22)34/h2-13,16-19H,14-15,20H2,1H3. The Balaban J connectivity index is 1.38. The van der Waals surface area contributed by atoms with E-state index in [0.717, 1.165) is 35.5 Å². The molecule has 38 heavy (non-hydrogen) atoms. The summed E-state index contributed by atoms with van der Waals surface area (Å²) in [5.74, 6) is 1.51. The number of hydrogen-bond donors (Lipinski definition) is 0. The van der Waals surface area contributed by atoms with Gasteiger partial charge < -0.3 is 4.74 Å². The monoisotopic (exact) mass is 519 g/mol. The number of aromatic nitrogens is 4. The molecule has 2 aromatic heterocycles. The van der Waals surface area contributed by atoms with Crippen molar-refractivity contribution in [2.45, 2.75) is 18.0 Å². The van der Waals surface area contributed by atoms with Gasteiger partial charge in [-0.05, 0) is 60.4 Å². The highest BCUT2D eigenvalue weighted by molar-refractivity contribution is 7.99. The summed E-state index contributed by atoms with van der Waals surface area (Å²) < 4.78 is 7.60. The summed E-state index contributed by atoms with van der Waals surface area (Å²) in [6.45, 7) is 0. The fourth-order valence-electron chi connectivity index (χ4n) is 4.82. The number of benzene rings is 3. The highest BCUT2D eigenvalue weighted by atomic mass is 32.2. The lowest BCUT2D eigenvalue weighted by atomic mass is 10.0. The Hall–Kier alpha value is -4.43. The SMILES string of the molecule is COc1ccccc1-n1c(SCC(=O)N2c3ccccc3CCc3ccccc32)nnc1-c1ccncc1. The van der Waals surface area contributed by atoms with Crippen LogP contribution in [0.4, 0.5) is 11.4 Å². The van der Waals surface area contributed by atoms with Crippen LogP contribution in [-0.2, 0) is 17.6 Å². The van der Waals surface area contributed by atoms with Crippen molar-refractivity contribution in [2.75, 3.05) is 17.8 Å². The minimum Gasteiger partial charge on any atom is -0.495 e. The molecule has 0 bridgehead atoms. The maximum atomic E-state index is 13.9. The average Bonchev–Trinajstić information content (AvgIpc) is 3.32. The second-order valence-electron chi connectivity index (χ2n) is 8.82. The van der Waals surface area contributed by atoms with E-state index in [4.69, 9.17) is 4.74 Å². The molecule has 0 saturated heterocycles. The number of methoxy groups -OCH3 is 1. The van der Waals surface area contributed by atoms with Crippen LogP contribution in [0.3, 0.4) is 0 Å². The number of ether oxygens (including phenoxy) is 1. The summed E-state index contributed by atoms with van der Waals surface area (Å²) in [6.07, 6.45) is 5.23. The Morgan fingerprint density at radius 1 is 0.816 bits per heavy atom. The first-order valence-electron chi connectivity index (χ1n) is 12.4. The Labute approximate surface area is 225 Å². The van der Waals surface area contributed by atoms with E-state index >= 15 is 0 Å². The van der Waals surface area contributed by atoms with Crippen molar-refractivity contribution in [3.8, 4) is 22.8 Å². The number of fused-ring (bicyclic) bond motifs is 2. The van der Waals surface area contributed by atoms with E-state index in [1.54, 1.807) is 19.5 Å². The molecule has 0 aliphatic carbocycles. The number of nitrogens with zero attached hydrogens (tertiary/aromatic N) is 5. The lowest BCUT2D eigenvalue weighted by Gasteiger charge is -2.25. The van der Waals surface area contributed by atoms with Crippen LogP contribution in [0.25, 0.3) is 17.1 Å². The van der Waals surface area contributed by atoms with Gasteiger partial charge in [-0.2, -0.15) is 0 Å². The molecule has 3 heterocycles. The third kappa shape index (κ3) is 4.43. The van der Waals surface area contributed by atoms with E-state index in [1.807, 2.05) is 82.3 Å². The lowest BCUT2D eigenvalue weighted by molar-refractivity contribution is -0.115. The van der Waals surface area contributed by atoms with Crippen LogP contribution in [0, 0.1) is 0 Å². The molecule has 0 unspecified atom stereocenters. The fraction of sp³-hybridized carbons (Fsp3) is 0.133. The summed E-state index contributed by atoms with van der Waals surface area (Å²) in [5, 5.41) is 9.60. The van der Waals surface area contributed by atoms with Gasteiger partial charge in [0.25, 0.3) is 0 Å². The minimum atomic E-state index is -0.0168. The van der Waals surface area contributed by atoms with Gasteiger partial charge in [-0.3, -0.25) is 19.2 Å². The number of hydrogen-bond acceptors (Lipinski definition) is 6. The third-order valence-electron chi connectivity index (χ3n) is 6.60. The first-order valence-corrected chi connectivity index (χ1v) is 13.3. The normalized spacial score (nSPS) is 12.4. The van der Waals surface area contributed by atoms with Crippen molar-refractivity contribution < 1.29 is 9.53 Å². The van der Waals surface area contributed by atoms with Crippen molar-refractivity contribution in [2.24, 2.45) is 0 Å². The van der Waals surface area contributed by atoms with Gasteiger partial charge in [-0.15, -0.1) is 10.2 Å². The minimum absolute atomic E-state index is 0.0168. The largest absolute Gasteiger partial charge is 0.495 e. The van der Waals surface area contributed by atoms with Crippen LogP contribution in [0.1, 0.15) is 11.1 Å². The molecule has 6 rings (SSSR count). The molecule has 188 valence electrons. The first kappa shape index (κ1) is 23.9. The number of amides is 1. The van der Waals surface area contributed by atoms with Crippen molar-refractivity contribution >= 4 is 29.0 Å². The molecule has 0 atom stereocenters. The van der Waals surface area contributed by atoms with Gasteiger partial charge in [-0.1, -0.05) is 60.3 Å². The van der Waals surface area contributed by atoms with Gasteiger partial charge >= 0.3 is 0 Å². The molecule has 0 saturated carbocycles. The highest BCUT2D eigenvalue weighted by Crippen LogP contribution is 2.37. The summed E-state index contributed by atoms with van der Waals surface area (Å²) in [6, 6.07) is 27.8. The van der Waals surface area contributed by atoms with Gasteiger partial charge in [0.05, 0.1) is 29.9 Å². The second kappa shape index (κ2) is 10.5. The maximum absolute atomic E-state index is 13.9.